The minimum atomic E-state index is -1.63. The molecule has 0 spiro atoms. The number of rotatable bonds is 11. The lowest BCUT2D eigenvalue weighted by Gasteiger charge is -2.38. The molecule has 1 aromatic heterocycles. The van der Waals surface area contributed by atoms with Gasteiger partial charge in [-0.1, -0.05) is 5.16 Å². The summed E-state index contributed by atoms with van der Waals surface area (Å²) in [6.45, 7) is 18.4. The van der Waals surface area contributed by atoms with Crippen LogP contribution in [0.5, 0.6) is 0 Å². The molecule has 5 N–H and O–H groups in total. The SMILES string of the molecule is CC(C)(C)OC(=O)NCC1C[C@H](C[C@H]2NC(=O)[C@H]2NC(=O)/C(=N\OC(C)(C)C(=O)OC(C)(C)C)c2csc(NC(=O)OC(C)(C)C)n2)C(=O)N1. The molecule has 2 saturated heterocycles. The molecule has 0 aromatic carbocycles. The third-order valence-corrected chi connectivity index (χ3v) is 7.60. The number of nitrogens with zero attached hydrogens (tertiary/aromatic N) is 2. The third kappa shape index (κ3) is 12.1. The first kappa shape index (κ1) is 40.0. The molecule has 0 bridgehead atoms. The van der Waals surface area contributed by atoms with Gasteiger partial charge in [0.05, 0.1) is 6.04 Å². The molecule has 3 rings (SSSR count). The maximum atomic E-state index is 13.7. The standard InChI is InChI=1S/C32H49N7O10S/c1-29(2,3)46-25(43)32(10,11)49-39-21(19-15-50-26(36-19)38-28(45)48-31(7,8)9)24(42)37-20-18(35-23(20)41)13-16-12-17(34-22(16)40)14-33-27(44)47-30(4,5)6/h15-18,20H,12-14H2,1-11H3,(H,33,44)(H,34,40)(H,35,41)(H,37,42)(H,36,38,45)/b39-21-/t16-,17?,18-,20+/m1/s1. The fraction of sp³-hybridized carbons (Fsp3) is 0.688. The first-order chi connectivity index (χ1) is 22.8. The second kappa shape index (κ2) is 15.2. The maximum absolute atomic E-state index is 13.7. The molecule has 50 heavy (non-hydrogen) atoms. The summed E-state index contributed by atoms with van der Waals surface area (Å²) in [5.41, 5.74) is -4.30. The van der Waals surface area contributed by atoms with E-state index in [1.807, 2.05) is 0 Å². The molecule has 3 heterocycles. The van der Waals surface area contributed by atoms with Crippen molar-refractivity contribution in [1.29, 1.82) is 0 Å². The highest BCUT2D eigenvalue weighted by Crippen LogP contribution is 2.26. The van der Waals surface area contributed by atoms with Gasteiger partial charge in [0.1, 0.15) is 28.5 Å². The van der Waals surface area contributed by atoms with Gasteiger partial charge in [-0.25, -0.2) is 19.4 Å². The predicted molar refractivity (Wildman–Crippen MR) is 182 cm³/mol. The number of nitrogens with one attached hydrogen (secondary N) is 5. The average Bonchev–Trinajstić information content (AvgIpc) is 3.53. The van der Waals surface area contributed by atoms with E-state index in [4.69, 9.17) is 19.0 Å². The Kier molecular flexibility index (Phi) is 12.1. The summed E-state index contributed by atoms with van der Waals surface area (Å²) in [7, 11) is 0. The number of thiazole rings is 1. The van der Waals surface area contributed by atoms with Crippen LogP contribution in [0.4, 0.5) is 14.7 Å². The van der Waals surface area contributed by atoms with Crippen molar-refractivity contribution in [2.24, 2.45) is 11.1 Å². The minimum Gasteiger partial charge on any atom is -0.457 e. The number of alkyl carbamates (subject to hydrolysis) is 1. The lowest BCUT2D eigenvalue weighted by molar-refractivity contribution is -0.179. The van der Waals surface area contributed by atoms with Gasteiger partial charge >= 0.3 is 18.2 Å². The van der Waals surface area contributed by atoms with Gasteiger partial charge in [-0.05, 0) is 89.0 Å². The van der Waals surface area contributed by atoms with E-state index in [0.717, 1.165) is 11.3 Å². The summed E-state index contributed by atoms with van der Waals surface area (Å²) < 4.78 is 15.9. The Morgan fingerprint density at radius 2 is 1.48 bits per heavy atom. The van der Waals surface area contributed by atoms with Crippen molar-refractivity contribution in [1.82, 2.24) is 26.3 Å². The number of hydrogen-bond acceptors (Lipinski definition) is 13. The zero-order valence-electron chi connectivity index (χ0n) is 30.4. The molecule has 5 amide bonds. The second-order valence-electron chi connectivity index (χ2n) is 15.5. The van der Waals surface area contributed by atoms with Crippen molar-refractivity contribution >= 4 is 58.1 Å². The number of aromatic nitrogens is 1. The Labute approximate surface area is 295 Å². The number of anilines is 1. The fourth-order valence-electron chi connectivity index (χ4n) is 4.64. The average molecular weight is 724 g/mol. The van der Waals surface area contributed by atoms with Crippen LogP contribution in [0, 0.1) is 5.92 Å². The molecule has 17 nitrogen and oxygen atoms in total. The highest BCUT2D eigenvalue weighted by molar-refractivity contribution is 7.14. The molecule has 1 aromatic rings. The smallest absolute Gasteiger partial charge is 0.413 e. The Morgan fingerprint density at radius 3 is 2.06 bits per heavy atom. The van der Waals surface area contributed by atoms with Gasteiger partial charge in [0.25, 0.3) is 5.91 Å². The zero-order valence-corrected chi connectivity index (χ0v) is 31.2. The molecule has 0 aliphatic carbocycles. The van der Waals surface area contributed by atoms with Gasteiger partial charge in [0.2, 0.25) is 17.4 Å². The summed E-state index contributed by atoms with van der Waals surface area (Å²) in [5, 5.41) is 18.8. The number of esters is 1. The summed E-state index contributed by atoms with van der Waals surface area (Å²) in [6, 6.07) is -1.97. The van der Waals surface area contributed by atoms with E-state index in [1.165, 1.54) is 19.2 Å². The van der Waals surface area contributed by atoms with Crippen LogP contribution in [0.15, 0.2) is 10.5 Å². The molecule has 2 aliphatic heterocycles. The number of ether oxygens (including phenoxy) is 3. The molecule has 2 aliphatic rings. The van der Waals surface area contributed by atoms with Crippen LogP contribution in [0.2, 0.25) is 0 Å². The molecule has 278 valence electrons. The van der Waals surface area contributed by atoms with Crippen molar-refractivity contribution in [3.8, 4) is 0 Å². The monoisotopic (exact) mass is 723 g/mol. The van der Waals surface area contributed by atoms with Crippen molar-refractivity contribution < 1.29 is 47.8 Å². The quantitative estimate of drug-likeness (QED) is 0.0734. The maximum Gasteiger partial charge on any atom is 0.413 e. The van der Waals surface area contributed by atoms with Crippen LogP contribution in [0.25, 0.3) is 0 Å². The normalized spacial score (nSPS) is 21.2. The van der Waals surface area contributed by atoms with E-state index in [1.54, 1.807) is 62.3 Å². The number of carbonyl (C=O) groups is 6. The first-order valence-corrected chi connectivity index (χ1v) is 17.0. The number of hydrogen-bond donors (Lipinski definition) is 5. The highest BCUT2D eigenvalue weighted by atomic mass is 32.1. The number of oxime groups is 1. The van der Waals surface area contributed by atoms with E-state index < -0.39 is 70.4 Å². The topological polar surface area (TPSA) is 225 Å². The van der Waals surface area contributed by atoms with E-state index in [-0.39, 0.29) is 41.5 Å². The predicted octanol–water partition coefficient (Wildman–Crippen LogP) is 2.73. The van der Waals surface area contributed by atoms with Gasteiger partial charge in [0, 0.05) is 23.9 Å². The van der Waals surface area contributed by atoms with E-state index in [2.05, 4.69) is 36.7 Å². The third-order valence-electron chi connectivity index (χ3n) is 6.84. The van der Waals surface area contributed by atoms with Crippen LogP contribution >= 0.6 is 11.3 Å². The second-order valence-corrected chi connectivity index (χ2v) is 16.4. The number of amides is 5. The van der Waals surface area contributed by atoms with Crippen molar-refractivity contribution in [2.75, 3.05) is 11.9 Å². The van der Waals surface area contributed by atoms with Gasteiger partial charge < -0.3 is 40.3 Å². The molecule has 2 fully saturated rings. The largest absolute Gasteiger partial charge is 0.457 e. The molecular formula is C32H49N7O10S. The lowest BCUT2D eigenvalue weighted by atomic mass is 9.87. The molecular weight excluding hydrogens is 674 g/mol. The Bertz CT molecular complexity index is 1500. The van der Waals surface area contributed by atoms with Crippen LogP contribution in [-0.4, -0.2) is 93.6 Å². The van der Waals surface area contributed by atoms with Crippen molar-refractivity contribution in [2.45, 2.75) is 130 Å². The summed E-state index contributed by atoms with van der Waals surface area (Å²) in [6.07, 6.45) is -0.779. The van der Waals surface area contributed by atoms with Gasteiger partial charge in [-0.15, -0.1) is 11.3 Å². The molecule has 1 unspecified atom stereocenters. The molecule has 4 atom stereocenters. The van der Waals surface area contributed by atoms with Crippen LogP contribution < -0.4 is 26.6 Å². The van der Waals surface area contributed by atoms with E-state index >= 15 is 0 Å². The van der Waals surface area contributed by atoms with Gasteiger partial charge in [0.15, 0.2) is 10.8 Å². The van der Waals surface area contributed by atoms with Crippen molar-refractivity contribution in [3.63, 3.8) is 0 Å². The first-order valence-electron chi connectivity index (χ1n) is 16.2. The Balaban J connectivity index is 1.74. The highest BCUT2D eigenvalue weighted by Gasteiger charge is 2.45. The van der Waals surface area contributed by atoms with Crippen molar-refractivity contribution in [3.05, 3.63) is 11.1 Å². The molecule has 18 heteroatoms. The molecule has 0 saturated carbocycles. The van der Waals surface area contributed by atoms with E-state index in [0.29, 0.717) is 6.42 Å². The van der Waals surface area contributed by atoms with Crippen LogP contribution in [0.3, 0.4) is 0 Å². The van der Waals surface area contributed by atoms with E-state index in [9.17, 15) is 28.8 Å². The Morgan fingerprint density at radius 1 is 0.880 bits per heavy atom. The Hall–Kier alpha value is -4.48. The lowest BCUT2D eigenvalue weighted by Crippen LogP contribution is -2.70. The number of carbonyl (C=O) groups excluding carboxylic acids is 6. The minimum absolute atomic E-state index is 0.0228. The summed E-state index contributed by atoms with van der Waals surface area (Å²) in [5.74, 6) is -2.84. The van der Waals surface area contributed by atoms with Gasteiger partial charge in [-0.2, -0.15) is 0 Å². The van der Waals surface area contributed by atoms with Crippen LogP contribution in [0.1, 0.15) is 94.7 Å². The number of β-lactam (4-membered cyclic amide) rings is 1. The summed E-state index contributed by atoms with van der Waals surface area (Å²) >= 11 is 0.978. The van der Waals surface area contributed by atoms with Crippen LogP contribution in [-0.2, 0) is 38.2 Å². The zero-order chi connectivity index (χ0) is 37.8. The molecule has 0 radical (unpaired) electrons. The fourth-order valence-corrected chi connectivity index (χ4v) is 5.32. The summed E-state index contributed by atoms with van der Waals surface area (Å²) in [4.78, 5) is 86.0. The van der Waals surface area contributed by atoms with Gasteiger partial charge in [-0.3, -0.25) is 19.7 Å².